The van der Waals surface area contributed by atoms with Crippen molar-refractivity contribution in [1.29, 1.82) is 0 Å². The van der Waals surface area contributed by atoms with Crippen LogP contribution in [0.5, 0.6) is 0 Å². The van der Waals surface area contributed by atoms with Crippen LogP contribution < -0.4 is 5.73 Å². The third-order valence-corrected chi connectivity index (χ3v) is 4.59. The molecule has 0 aromatic rings. The summed E-state index contributed by atoms with van der Waals surface area (Å²) in [6.45, 7) is 1.43. The highest BCUT2D eigenvalue weighted by Gasteiger charge is 2.31. The number of nitrogens with two attached hydrogens (primary N) is 1. The number of hydrogen-bond acceptors (Lipinski definition) is 4. The predicted octanol–water partition coefficient (Wildman–Crippen LogP) is 1.30. The second kappa shape index (κ2) is 7.96. The molecule has 0 radical (unpaired) electrons. The second-order valence-electron chi connectivity index (χ2n) is 5.93. The molecule has 2 N–H and O–H groups in total. The van der Waals surface area contributed by atoms with Gasteiger partial charge < -0.3 is 20.1 Å². The van der Waals surface area contributed by atoms with Crippen LogP contribution >= 0.6 is 0 Å². The normalized spacial score (nSPS) is 28.6. The molecule has 1 heterocycles. The minimum atomic E-state index is 0.0839. The lowest BCUT2D eigenvalue weighted by molar-refractivity contribution is -0.144. The summed E-state index contributed by atoms with van der Waals surface area (Å²) in [6.07, 6.45) is 8.18. The van der Waals surface area contributed by atoms with Crippen molar-refractivity contribution >= 4 is 5.91 Å². The van der Waals surface area contributed by atoms with Gasteiger partial charge in [-0.05, 0) is 25.7 Å². The highest BCUT2D eigenvalue weighted by Crippen LogP contribution is 2.22. The molecule has 1 amide bonds. The van der Waals surface area contributed by atoms with Crippen LogP contribution in [0.2, 0.25) is 0 Å². The summed E-state index contributed by atoms with van der Waals surface area (Å²) in [4.78, 5) is 14.2. The molecule has 5 heteroatoms. The van der Waals surface area contributed by atoms with Crippen LogP contribution in [0.1, 0.15) is 44.9 Å². The second-order valence-corrected chi connectivity index (χ2v) is 5.93. The number of carbonyl (C=O) groups excluding carboxylic acids is 1. The number of likely N-dealkylation sites (tertiary alicyclic amines) is 1. The maximum Gasteiger partial charge on any atom is 0.248 e. The lowest BCUT2D eigenvalue weighted by Crippen LogP contribution is -2.52. The number of methoxy groups -OCH3 is 1. The smallest absolute Gasteiger partial charge is 0.248 e. The summed E-state index contributed by atoms with van der Waals surface area (Å²) in [7, 11) is 1.72. The zero-order valence-electron chi connectivity index (χ0n) is 12.6. The first-order chi connectivity index (χ1) is 9.74. The number of rotatable bonds is 5. The van der Waals surface area contributed by atoms with Crippen LogP contribution in [0.3, 0.4) is 0 Å². The molecule has 0 unspecified atom stereocenters. The Morgan fingerprint density at radius 3 is 2.60 bits per heavy atom. The molecule has 20 heavy (non-hydrogen) atoms. The molecule has 1 saturated heterocycles. The van der Waals surface area contributed by atoms with Crippen molar-refractivity contribution in [2.75, 3.05) is 26.8 Å². The fourth-order valence-electron chi connectivity index (χ4n) is 3.28. The van der Waals surface area contributed by atoms with Crippen molar-refractivity contribution in [1.82, 2.24) is 4.90 Å². The quantitative estimate of drug-likeness (QED) is 0.826. The molecular weight excluding hydrogens is 256 g/mol. The number of piperidine rings is 1. The number of carbonyl (C=O) groups is 1. The molecule has 2 atom stereocenters. The monoisotopic (exact) mass is 284 g/mol. The molecule has 2 aliphatic rings. The van der Waals surface area contributed by atoms with Crippen LogP contribution in [-0.4, -0.2) is 55.9 Å². The summed E-state index contributed by atoms with van der Waals surface area (Å²) in [5.74, 6) is 0.0839. The topological polar surface area (TPSA) is 64.8 Å². The van der Waals surface area contributed by atoms with Gasteiger partial charge in [0.05, 0.1) is 12.2 Å². The van der Waals surface area contributed by atoms with Gasteiger partial charge in [-0.1, -0.05) is 19.3 Å². The Morgan fingerprint density at radius 1 is 1.20 bits per heavy atom. The molecule has 1 saturated carbocycles. The van der Waals surface area contributed by atoms with E-state index in [1.165, 1.54) is 19.3 Å². The molecule has 0 bridgehead atoms. The summed E-state index contributed by atoms with van der Waals surface area (Å²) in [5, 5.41) is 0. The number of amides is 1. The average molecular weight is 284 g/mol. The van der Waals surface area contributed by atoms with Gasteiger partial charge in [0, 0.05) is 26.2 Å². The summed E-state index contributed by atoms with van der Waals surface area (Å²) in [5.41, 5.74) is 5.80. The van der Waals surface area contributed by atoms with Gasteiger partial charge in [0.2, 0.25) is 5.91 Å². The van der Waals surface area contributed by atoms with Crippen molar-refractivity contribution in [2.45, 2.75) is 63.2 Å². The van der Waals surface area contributed by atoms with Crippen LogP contribution in [0.25, 0.3) is 0 Å². The SMILES string of the molecule is CO[C@@H]1CCN(C(=O)COC2CCCCC2)[C@H](CN)C1. The van der Waals surface area contributed by atoms with E-state index in [4.69, 9.17) is 15.2 Å². The Bertz CT molecular complexity index is 305. The molecular formula is C15H28N2O3. The molecule has 1 aliphatic heterocycles. The molecule has 0 aromatic heterocycles. The number of ether oxygens (including phenoxy) is 2. The van der Waals surface area contributed by atoms with Gasteiger partial charge in [-0.15, -0.1) is 0 Å². The van der Waals surface area contributed by atoms with Crippen molar-refractivity contribution in [3.63, 3.8) is 0 Å². The Balaban J connectivity index is 1.78. The van der Waals surface area contributed by atoms with E-state index in [1.54, 1.807) is 7.11 Å². The Hall–Kier alpha value is -0.650. The third-order valence-electron chi connectivity index (χ3n) is 4.59. The fourth-order valence-corrected chi connectivity index (χ4v) is 3.28. The Labute approximate surface area is 121 Å². The van der Waals surface area contributed by atoms with E-state index in [9.17, 15) is 4.79 Å². The van der Waals surface area contributed by atoms with E-state index >= 15 is 0 Å². The first-order valence-electron chi connectivity index (χ1n) is 7.88. The summed E-state index contributed by atoms with van der Waals surface area (Å²) in [6, 6.07) is 0.0937. The molecule has 0 spiro atoms. The van der Waals surface area contributed by atoms with Crippen LogP contribution in [0.15, 0.2) is 0 Å². The molecule has 116 valence electrons. The molecule has 0 aromatic carbocycles. The largest absolute Gasteiger partial charge is 0.381 e. The van der Waals surface area contributed by atoms with Crippen molar-refractivity contribution < 1.29 is 14.3 Å². The van der Waals surface area contributed by atoms with Gasteiger partial charge in [-0.3, -0.25) is 4.79 Å². The minimum absolute atomic E-state index is 0.0839. The first-order valence-corrected chi connectivity index (χ1v) is 7.88. The van der Waals surface area contributed by atoms with E-state index in [0.717, 1.165) is 32.2 Å². The zero-order valence-corrected chi connectivity index (χ0v) is 12.6. The zero-order chi connectivity index (χ0) is 14.4. The third kappa shape index (κ3) is 4.17. The van der Waals surface area contributed by atoms with E-state index in [-0.39, 0.29) is 30.8 Å². The van der Waals surface area contributed by atoms with Gasteiger partial charge in [-0.25, -0.2) is 0 Å². The van der Waals surface area contributed by atoms with E-state index in [1.807, 2.05) is 4.90 Å². The standard InChI is InChI=1S/C15H28N2O3/c1-19-14-7-8-17(12(9-14)10-16)15(18)11-20-13-5-3-2-4-6-13/h12-14H,2-11,16H2,1H3/t12-,14+/m0/s1. The van der Waals surface area contributed by atoms with Crippen LogP contribution in [0.4, 0.5) is 0 Å². The Morgan fingerprint density at radius 2 is 1.95 bits per heavy atom. The van der Waals surface area contributed by atoms with Crippen molar-refractivity contribution in [3.8, 4) is 0 Å². The van der Waals surface area contributed by atoms with Gasteiger partial charge in [0.15, 0.2) is 0 Å². The number of hydrogen-bond donors (Lipinski definition) is 1. The van der Waals surface area contributed by atoms with E-state index in [2.05, 4.69) is 0 Å². The van der Waals surface area contributed by atoms with Crippen molar-refractivity contribution in [2.24, 2.45) is 5.73 Å². The van der Waals surface area contributed by atoms with Gasteiger partial charge in [0.1, 0.15) is 6.61 Å². The maximum atomic E-state index is 12.3. The van der Waals surface area contributed by atoms with Gasteiger partial charge >= 0.3 is 0 Å². The number of nitrogens with zero attached hydrogens (tertiary/aromatic N) is 1. The van der Waals surface area contributed by atoms with Gasteiger partial charge in [0.25, 0.3) is 0 Å². The highest BCUT2D eigenvalue weighted by atomic mass is 16.5. The maximum absolute atomic E-state index is 12.3. The molecule has 2 rings (SSSR count). The average Bonchev–Trinajstić information content (AvgIpc) is 2.52. The Kier molecular flexibility index (Phi) is 6.26. The fraction of sp³-hybridized carbons (Fsp3) is 0.933. The molecule has 2 fully saturated rings. The van der Waals surface area contributed by atoms with E-state index in [0.29, 0.717) is 6.54 Å². The van der Waals surface area contributed by atoms with Gasteiger partial charge in [-0.2, -0.15) is 0 Å². The van der Waals surface area contributed by atoms with Crippen LogP contribution in [-0.2, 0) is 14.3 Å². The lowest BCUT2D eigenvalue weighted by Gasteiger charge is -2.38. The summed E-state index contributed by atoms with van der Waals surface area (Å²) >= 11 is 0. The molecule has 5 nitrogen and oxygen atoms in total. The molecule has 1 aliphatic carbocycles. The highest BCUT2D eigenvalue weighted by molar-refractivity contribution is 5.78. The summed E-state index contributed by atoms with van der Waals surface area (Å²) < 4.78 is 11.2. The van der Waals surface area contributed by atoms with Crippen LogP contribution in [0, 0.1) is 0 Å². The van der Waals surface area contributed by atoms with E-state index < -0.39 is 0 Å². The minimum Gasteiger partial charge on any atom is -0.381 e. The lowest BCUT2D eigenvalue weighted by atomic mass is 9.98. The predicted molar refractivity (Wildman–Crippen MR) is 77.4 cm³/mol. The first kappa shape index (κ1) is 15.7. The van der Waals surface area contributed by atoms with Crippen molar-refractivity contribution in [3.05, 3.63) is 0 Å².